The summed E-state index contributed by atoms with van der Waals surface area (Å²) in [4.78, 5) is 0. The Morgan fingerprint density at radius 2 is 1.67 bits per heavy atom. The first kappa shape index (κ1) is 12.3. The summed E-state index contributed by atoms with van der Waals surface area (Å²) in [6.45, 7) is 9.12. The predicted molar refractivity (Wildman–Crippen MR) is 57.8 cm³/mol. The predicted octanol–water partition coefficient (Wildman–Crippen LogP) is 4.47. The molecular formula is C11H23Cl. The van der Waals surface area contributed by atoms with Crippen molar-refractivity contribution in [2.24, 2.45) is 11.3 Å². The fourth-order valence-electron chi connectivity index (χ4n) is 2.23. The summed E-state index contributed by atoms with van der Waals surface area (Å²) < 4.78 is 0. The molecule has 0 aliphatic heterocycles. The monoisotopic (exact) mass is 190 g/mol. The van der Waals surface area contributed by atoms with E-state index in [2.05, 4.69) is 27.7 Å². The number of rotatable bonds is 6. The van der Waals surface area contributed by atoms with E-state index in [-0.39, 0.29) is 0 Å². The Morgan fingerprint density at radius 3 is 1.92 bits per heavy atom. The van der Waals surface area contributed by atoms with Gasteiger partial charge in [-0.3, -0.25) is 0 Å². The van der Waals surface area contributed by atoms with Crippen molar-refractivity contribution in [3.8, 4) is 0 Å². The Labute approximate surface area is 82.7 Å². The maximum absolute atomic E-state index is 6.04. The van der Waals surface area contributed by atoms with Gasteiger partial charge < -0.3 is 0 Å². The number of hydrogen-bond acceptors (Lipinski definition) is 0. The normalized spacial score (nSPS) is 16.5. The zero-order valence-electron chi connectivity index (χ0n) is 8.99. The summed E-state index contributed by atoms with van der Waals surface area (Å²) in [5.41, 5.74) is 0.375. The van der Waals surface area contributed by atoms with Crippen molar-refractivity contribution in [3.05, 3.63) is 0 Å². The summed E-state index contributed by atoms with van der Waals surface area (Å²) in [6, 6.07) is 0. The molecule has 0 radical (unpaired) electrons. The van der Waals surface area contributed by atoms with Crippen LogP contribution >= 0.6 is 11.6 Å². The fraction of sp³-hybridized carbons (Fsp3) is 1.00. The highest BCUT2D eigenvalue weighted by atomic mass is 35.5. The second kappa shape index (κ2) is 5.85. The van der Waals surface area contributed by atoms with Crippen molar-refractivity contribution < 1.29 is 0 Å². The lowest BCUT2D eigenvalue weighted by Crippen LogP contribution is -2.28. The molecule has 0 aliphatic carbocycles. The van der Waals surface area contributed by atoms with Gasteiger partial charge in [-0.1, -0.05) is 47.0 Å². The third-order valence-electron chi connectivity index (χ3n) is 3.10. The van der Waals surface area contributed by atoms with Gasteiger partial charge in [0.15, 0.2) is 0 Å². The van der Waals surface area contributed by atoms with E-state index in [1.54, 1.807) is 0 Å². The van der Waals surface area contributed by atoms with Crippen molar-refractivity contribution in [2.45, 2.75) is 53.4 Å². The van der Waals surface area contributed by atoms with Crippen LogP contribution in [0.25, 0.3) is 0 Å². The van der Waals surface area contributed by atoms with Gasteiger partial charge in [0.25, 0.3) is 0 Å². The smallest absolute Gasteiger partial charge is 0.0280 e. The van der Waals surface area contributed by atoms with Gasteiger partial charge in [0.2, 0.25) is 0 Å². The summed E-state index contributed by atoms with van der Waals surface area (Å²) >= 11 is 6.04. The van der Waals surface area contributed by atoms with Crippen LogP contribution in [0, 0.1) is 11.3 Å². The summed E-state index contributed by atoms with van der Waals surface area (Å²) in [7, 11) is 0. The van der Waals surface area contributed by atoms with E-state index < -0.39 is 0 Å². The molecule has 0 aromatic carbocycles. The van der Waals surface area contributed by atoms with E-state index in [9.17, 15) is 0 Å². The van der Waals surface area contributed by atoms with E-state index in [0.717, 1.165) is 11.8 Å². The van der Waals surface area contributed by atoms with E-state index in [0.29, 0.717) is 5.41 Å². The molecule has 0 saturated carbocycles. The molecule has 12 heavy (non-hydrogen) atoms. The SMILES string of the molecule is CCCC(C)(CCl)C(CC)CC. The van der Waals surface area contributed by atoms with Crippen molar-refractivity contribution >= 4 is 11.6 Å². The average molecular weight is 191 g/mol. The topological polar surface area (TPSA) is 0 Å². The van der Waals surface area contributed by atoms with Crippen molar-refractivity contribution in [2.75, 3.05) is 5.88 Å². The molecule has 0 heterocycles. The largest absolute Gasteiger partial charge is 0.126 e. The number of hydrogen-bond donors (Lipinski definition) is 0. The minimum absolute atomic E-state index is 0.375. The van der Waals surface area contributed by atoms with Crippen LogP contribution < -0.4 is 0 Å². The highest BCUT2D eigenvalue weighted by Gasteiger charge is 2.29. The summed E-state index contributed by atoms with van der Waals surface area (Å²) in [6.07, 6.45) is 5.04. The lowest BCUT2D eigenvalue weighted by molar-refractivity contribution is 0.185. The standard InChI is InChI=1S/C11H23Cl/c1-5-8-11(4,9-12)10(6-2)7-3/h10H,5-9H2,1-4H3. The van der Waals surface area contributed by atoms with Gasteiger partial charge in [-0.25, -0.2) is 0 Å². The Hall–Kier alpha value is 0.290. The van der Waals surface area contributed by atoms with Crippen LogP contribution in [-0.2, 0) is 0 Å². The van der Waals surface area contributed by atoms with Gasteiger partial charge in [0.1, 0.15) is 0 Å². The molecule has 0 aromatic rings. The molecule has 0 nitrogen and oxygen atoms in total. The van der Waals surface area contributed by atoms with Crippen molar-refractivity contribution in [1.82, 2.24) is 0 Å². The molecule has 0 aliphatic rings. The molecule has 0 rings (SSSR count). The average Bonchev–Trinajstić information content (AvgIpc) is 2.07. The number of halogens is 1. The lowest BCUT2D eigenvalue weighted by Gasteiger charge is -2.35. The molecule has 0 aromatic heterocycles. The van der Waals surface area contributed by atoms with Gasteiger partial charge in [-0.2, -0.15) is 0 Å². The van der Waals surface area contributed by atoms with Crippen molar-refractivity contribution in [1.29, 1.82) is 0 Å². The van der Waals surface area contributed by atoms with Crippen LogP contribution in [0.1, 0.15) is 53.4 Å². The zero-order chi connectivity index (χ0) is 9.61. The Morgan fingerprint density at radius 1 is 1.17 bits per heavy atom. The summed E-state index contributed by atoms with van der Waals surface area (Å²) in [5.74, 6) is 1.61. The van der Waals surface area contributed by atoms with Crippen molar-refractivity contribution in [3.63, 3.8) is 0 Å². The first-order chi connectivity index (χ1) is 5.64. The molecular weight excluding hydrogens is 168 g/mol. The second-order valence-corrected chi connectivity index (χ2v) is 4.32. The Kier molecular flexibility index (Phi) is 6.00. The molecule has 0 saturated heterocycles. The third-order valence-corrected chi connectivity index (χ3v) is 3.71. The van der Waals surface area contributed by atoms with Crippen LogP contribution in [-0.4, -0.2) is 5.88 Å². The minimum atomic E-state index is 0.375. The van der Waals surface area contributed by atoms with Crippen LogP contribution in [0.3, 0.4) is 0 Å². The number of alkyl halides is 1. The highest BCUT2D eigenvalue weighted by Crippen LogP contribution is 2.37. The van der Waals surface area contributed by atoms with E-state index in [1.807, 2.05) is 0 Å². The molecule has 0 bridgehead atoms. The highest BCUT2D eigenvalue weighted by molar-refractivity contribution is 6.18. The molecule has 1 unspecified atom stereocenters. The molecule has 1 heteroatoms. The Bertz CT molecular complexity index is 108. The Balaban J connectivity index is 4.24. The van der Waals surface area contributed by atoms with E-state index in [4.69, 9.17) is 11.6 Å². The fourth-order valence-corrected chi connectivity index (χ4v) is 2.58. The van der Waals surface area contributed by atoms with Crippen LogP contribution in [0.15, 0.2) is 0 Å². The van der Waals surface area contributed by atoms with Crippen LogP contribution in [0.5, 0.6) is 0 Å². The van der Waals surface area contributed by atoms with Gasteiger partial charge in [0, 0.05) is 5.88 Å². The quantitative estimate of drug-likeness (QED) is 0.543. The minimum Gasteiger partial charge on any atom is -0.126 e. The first-order valence-corrected chi connectivity index (χ1v) is 5.74. The zero-order valence-corrected chi connectivity index (χ0v) is 9.75. The molecule has 1 atom stereocenters. The lowest BCUT2D eigenvalue weighted by atomic mass is 9.73. The van der Waals surface area contributed by atoms with Gasteiger partial charge in [-0.05, 0) is 17.8 Å². The molecule has 0 N–H and O–H groups in total. The van der Waals surface area contributed by atoms with Crippen LogP contribution in [0.2, 0.25) is 0 Å². The molecule has 0 amide bonds. The maximum Gasteiger partial charge on any atom is 0.0280 e. The molecule has 74 valence electrons. The van der Waals surface area contributed by atoms with Crippen LogP contribution in [0.4, 0.5) is 0 Å². The van der Waals surface area contributed by atoms with Gasteiger partial charge in [0.05, 0.1) is 0 Å². The maximum atomic E-state index is 6.04. The first-order valence-electron chi connectivity index (χ1n) is 5.20. The van der Waals surface area contributed by atoms with Gasteiger partial charge in [-0.15, -0.1) is 11.6 Å². The second-order valence-electron chi connectivity index (χ2n) is 4.05. The summed E-state index contributed by atoms with van der Waals surface area (Å²) in [5, 5.41) is 0. The molecule has 0 spiro atoms. The van der Waals surface area contributed by atoms with E-state index in [1.165, 1.54) is 25.7 Å². The third kappa shape index (κ3) is 2.97. The van der Waals surface area contributed by atoms with E-state index >= 15 is 0 Å². The molecule has 0 fully saturated rings. The van der Waals surface area contributed by atoms with Gasteiger partial charge >= 0.3 is 0 Å².